The van der Waals surface area contributed by atoms with E-state index < -0.39 is 10.0 Å². The highest BCUT2D eigenvalue weighted by Crippen LogP contribution is 2.22. The highest BCUT2D eigenvalue weighted by atomic mass is 32.2. The predicted molar refractivity (Wildman–Crippen MR) is 117 cm³/mol. The van der Waals surface area contributed by atoms with Crippen LogP contribution in [0.1, 0.15) is 43.9 Å². The van der Waals surface area contributed by atoms with E-state index in [1.807, 2.05) is 45.0 Å². The maximum atomic E-state index is 12.3. The fraction of sp³-hybridized carbons (Fsp3) is 0.409. The molecule has 0 unspecified atom stereocenters. The Morgan fingerprint density at radius 1 is 1.10 bits per heavy atom. The molecule has 0 spiro atoms. The number of carbonyl (C=O) groups excluding carboxylic acids is 1. The van der Waals surface area contributed by atoms with E-state index >= 15 is 0 Å². The van der Waals surface area contributed by atoms with Crippen molar-refractivity contribution >= 4 is 21.6 Å². The lowest BCUT2D eigenvalue weighted by molar-refractivity contribution is -0.121. The molecule has 2 aromatic carbocycles. The minimum Gasteiger partial charge on any atom is -0.494 e. The minimum atomic E-state index is -3.45. The van der Waals surface area contributed by atoms with Gasteiger partial charge in [0.25, 0.3) is 0 Å². The van der Waals surface area contributed by atoms with E-state index in [1.54, 1.807) is 24.3 Å². The number of sulfonamides is 1. The summed E-state index contributed by atoms with van der Waals surface area (Å²) in [6.07, 6.45) is 1.84. The van der Waals surface area contributed by atoms with Crippen LogP contribution in [0.2, 0.25) is 0 Å². The molecule has 1 amide bonds. The van der Waals surface area contributed by atoms with Gasteiger partial charge in [0.05, 0.1) is 24.6 Å². The zero-order valence-electron chi connectivity index (χ0n) is 17.5. The van der Waals surface area contributed by atoms with Crippen LogP contribution in [0.15, 0.2) is 48.5 Å². The van der Waals surface area contributed by atoms with Crippen LogP contribution in [-0.2, 0) is 14.8 Å². The number of hydrogen-bond donors (Lipinski definition) is 1. The second kappa shape index (κ2) is 10.3. The summed E-state index contributed by atoms with van der Waals surface area (Å²) in [6.45, 7) is 6.63. The van der Waals surface area contributed by atoms with Gasteiger partial charge in [-0.1, -0.05) is 29.8 Å². The number of carbonyl (C=O) groups is 1. The Morgan fingerprint density at radius 3 is 2.28 bits per heavy atom. The van der Waals surface area contributed by atoms with Gasteiger partial charge >= 0.3 is 0 Å². The monoisotopic (exact) mass is 418 g/mol. The van der Waals surface area contributed by atoms with Gasteiger partial charge in [0.2, 0.25) is 15.9 Å². The molecular weight excluding hydrogens is 388 g/mol. The van der Waals surface area contributed by atoms with Crippen molar-refractivity contribution in [2.45, 2.75) is 39.7 Å². The van der Waals surface area contributed by atoms with Crippen molar-refractivity contribution in [3.63, 3.8) is 0 Å². The molecule has 0 aromatic heterocycles. The zero-order valence-corrected chi connectivity index (χ0v) is 18.3. The van der Waals surface area contributed by atoms with E-state index in [9.17, 15) is 13.2 Å². The van der Waals surface area contributed by atoms with Crippen molar-refractivity contribution in [1.82, 2.24) is 5.32 Å². The number of nitrogens with one attached hydrogen (secondary N) is 1. The average molecular weight is 419 g/mol. The molecule has 1 atom stereocenters. The molecule has 6 nitrogen and oxygen atoms in total. The van der Waals surface area contributed by atoms with Crippen molar-refractivity contribution in [2.24, 2.45) is 0 Å². The average Bonchev–Trinajstić information content (AvgIpc) is 2.66. The summed E-state index contributed by atoms with van der Waals surface area (Å²) in [7, 11) is -3.45. The van der Waals surface area contributed by atoms with Gasteiger partial charge in [0, 0.05) is 13.0 Å². The Bertz CT molecular complexity index is 893. The Hall–Kier alpha value is -2.54. The Labute approximate surface area is 173 Å². The molecule has 0 aliphatic carbocycles. The van der Waals surface area contributed by atoms with Crippen molar-refractivity contribution in [3.05, 3.63) is 59.7 Å². The van der Waals surface area contributed by atoms with Crippen LogP contribution in [0.5, 0.6) is 5.75 Å². The third-order valence-electron chi connectivity index (χ3n) is 4.56. The van der Waals surface area contributed by atoms with Gasteiger partial charge < -0.3 is 10.1 Å². The number of hydrogen-bond acceptors (Lipinski definition) is 4. The molecule has 0 aliphatic rings. The molecule has 1 N–H and O–H groups in total. The number of anilines is 1. The van der Waals surface area contributed by atoms with Gasteiger partial charge in [-0.25, -0.2) is 8.42 Å². The molecule has 7 heteroatoms. The molecule has 0 saturated carbocycles. The smallest absolute Gasteiger partial charge is 0.232 e. The molecule has 29 heavy (non-hydrogen) atoms. The fourth-order valence-electron chi connectivity index (χ4n) is 3.00. The quantitative estimate of drug-likeness (QED) is 0.636. The van der Waals surface area contributed by atoms with Gasteiger partial charge in [-0.05, 0) is 57.0 Å². The van der Waals surface area contributed by atoms with Crippen molar-refractivity contribution < 1.29 is 17.9 Å². The summed E-state index contributed by atoms with van der Waals surface area (Å²) in [5.41, 5.74) is 2.77. The standard InChI is InChI=1S/C22H30N2O4S/c1-5-28-21-14-12-20(13-15-21)24(29(4,26)27)16-6-7-22(25)23-18(3)19-10-8-17(2)9-11-19/h8-15,18H,5-7,16H2,1-4H3,(H,23,25)/t18-/m1/s1. The minimum absolute atomic E-state index is 0.0970. The number of rotatable bonds is 10. The van der Waals surface area contributed by atoms with E-state index in [0.717, 1.165) is 5.56 Å². The predicted octanol–water partition coefficient (Wildman–Crippen LogP) is 3.82. The van der Waals surface area contributed by atoms with Gasteiger partial charge in [0.1, 0.15) is 5.75 Å². The number of nitrogens with zero attached hydrogens (tertiary/aromatic N) is 1. The number of aryl methyl sites for hydroxylation is 1. The first-order valence-corrected chi connectivity index (χ1v) is 11.6. The van der Waals surface area contributed by atoms with E-state index in [2.05, 4.69) is 5.32 Å². The van der Waals surface area contributed by atoms with Gasteiger partial charge in [-0.3, -0.25) is 9.10 Å². The molecule has 2 aromatic rings. The molecular formula is C22H30N2O4S. The Morgan fingerprint density at radius 2 is 1.72 bits per heavy atom. The summed E-state index contributed by atoms with van der Waals surface area (Å²) >= 11 is 0. The lowest BCUT2D eigenvalue weighted by atomic mass is 10.1. The molecule has 0 fully saturated rings. The van der Waals surface area contributed by atoms with E-state index in [-0.39, 0.29) is 24.9 Å². The third kappa shape index (κ3) is 7.09. The summed E-state index contributed by atoms with van der Waals surface area (Å²) in [5, 5.41) is 2.97. The molecule has 0 saturated heterocycles. The van der Waals surface area contributed by atoms with Gasteiger partial charge in [-0.2, -0.15) is 0 Å². The molecule has 0 radical (unpaired) electrons. The highest BCUT2D eigenvalue weighted by Gasteiger charge is 2.18. The second-order valence-electron chi connectivity index (χ2n) is 7.07. The van der Waals surface area contributed by atoms with E-state index in [1.165, 1.54) is 16.1 Å². The van der Waals surface area contributed by atoms with Crippen LogP contribution in [0.4, 0.5) is 5.69 Å². The third-order valence-corrected chi connectivity index (χ3v) is 5.75. The van der Waals surface area contributed by atoms with Gasteiger partial charge in [0.15, 0.2) is 0 Å². The molecule has 158 valence electrons. The fourth-order valence-corrected chi connectivity index (χ4v) is 3.96. The maximum Gasteiger partial charge on any atom is 0.232 e. The zero-order chi connectivity index (χ0) is 21.4. The summed E-state index contributed by atoms with van der Waals surface area (Å²) in [6, 6.07) is 14.8. The number of benzene rings is 2. The van der Waals surface area contributed by atoms with Crippen LogP contribution < -0.4 is 14.4 Å². The van der Waals surface area contributed by atoms with E-state index in [4.69, 9.17) is 4.74 Å². The van der Waals surface area contributed by atoms with Crippen LogP contribution in [0.25, 0.3) is 0 Å². The van der Waals surface area contributed by atoms with Crippen LogP contribution in [0, 0.1) is 6.92 Å². The van der Waals surface area contributed by atoms with Crippen molar-refractivity contribution in [1.29, 1.82) is 0 Å². The SMILES string of the molecule is CCOc1ccc(N(CCCC(=O)N[C@H](C)c2ccc(C)cc2)S(C)(=O)=O)cc1. The Balaban J connectivity index is 1.92. The molecule has 0 aliphatic heterocycles. The van der Waals surface area contributed by atoms with Crippen molar-refractivity contribution in [2.75, 3.05) is 23.7 Å². The molecule has 2 rings (SSSR count). The van der Waals surface area contributed by atoms with Crippen molar-refractivity contribution in [3.8, 4) is 5.75 Å². The first kappa shape index (κ1) is 22.7. The first-order valence-electron chi connectivity index (χ1n) is 9.77. The lowest BCUT2D eigenvalue weighted by Gasteiger charge is -2.23. The van der Waals surface area contributed by atoms with E-state index in [0.29, 0.717) is 24.5 Å². The van der Waals surface area contributed by atoms with Crippen LogP contribution >= 0.6 is 0 Å². The normalized spacial score (nSPS) is 12.3. The van der Waals surface area contributed by atoms with Crippen LogP contribution in [0.3, 0.4) is 0 Å². The number of ether oxygens (including phenoxy) is 1. The topological polar surface area (TPSA) is 75.7 Å². The number of amides is 1. The molecule has 0 heterocycles. The van der Waals surface area contributed by atoms with Gasteiger partial charge in [-0.15, -0.1) is 0 Å². The lowest BCUT2D eigenvalue weighted by Crippen LogP contribution is -2.32. The summed E-state index contributed by atoms with van der Waals surface area (Å²) < 4.78 is 31.1. The summed E-state index contributed by atoms with van der Waals surface area (Å²) in [4.78, 5) is 12.3. The summed E-state index contributed by atoms with van der Waals surface area (Å²) in [5.74, 6) is 0.590. The first-order chi connectivity index (χ1) is 13.7. The van der Waals surface area contributed by atoms with Crippen LogP contribution in [-0.4, -0.2) is 33.7 Å². The Kier molecular flexibility index (Phi) is 8.08. The largest absolute Gasteiger partial charge is 0.494 e. The maximum absolute atomic E-state index is 12.3. The molecule has 0 bridgehead atoms. The highest BCUT2D eigenvalue weighted by molar-refractivity contribution is 7.92. The second-order valence-corrected chi connectivity index (χ2v) is 8.97.